The summed E-state index contributed by atoms with van der Waals surface area (Å²) in [5, 5.41) is 12.7. The molecule has 0 spiro atoms. The molecule has 64 valence electrons. The van der Waals surface area contributed by atoms with E-state index in [-0.39, 0.29) is 0 Å². The van der Waals surface area contributed by atoms with Crippen LogP contribution in [0.25, 0.3) is 0 Å². The maximum absolute atomic E-state index is 10.6. The van der Waals surface area contributed by atoms with Crippen molar-refractivity contribution in [3.8, 4) is 0 Å². The lowest BCUT2D eigenvalue weighted by molar-refractivity contribution is 0.0682. The van der Waals surface area contributed by atoms with Crippen molar-refractivity contribution in [3.05, 3.63) is 18.0 Å². The second kappa shape index (κ2) is 2.62. The van der Waals surface area contributed by atoms with Crippen LogP contribution in [0, 0.1) is 5.92 Å². The minimum absolute atomic E-state index is 0.293. The number of aromatic carboxylic acids is 1. The summed E-state index contributed by atoms with van der Waals surface area (Å²) in [6.07, 6.45) is 3.95. The van der Waals surface area contributed by atoms with Crippen LogP contribution < -0.4 is 0 Å². The second-order valence-corrected chi connectivity index (χ2v) is 3.15. The molecule has 1 aliphatic rings. The van der Waals surface area contributed by atoms with Crippen LogP contribution in [0.2, 0.25) is 0 Å². The largest absolute Gasteiger partial charge is 0.477 e. The maximum Gasteiger partial charge on any atom is 0.354 e. The lowest BCUT2D eigenvalue weighted by Gasteiger charge is -2.01. The average molecular weight is 166 g/mol. The van der Waals surface area contributed by atoms with E-state index >= 15 is 0 Å². The van der Waals surface area contributed by atoms with Crippen molar-refractivity contribution in [3.63, 3.8) is 0 Å². The highest BCUT2D eigenvalue weighted by molar-refractivity contribution is 5.85. The van der Waals surface area contributed by atoms with Crippen molar-refractivity contribution in [1.82, 2.24) is 9.78 Å². The molecule has 0 amide bonds. The van der Waals surface area contributed by atoms with Crippen molar-refractivity contribution >= 4 is 5.97 Å². The third-order valence-electron chi connectivity index (χ3n) is 2.06. The van der Waals surface area contributed by atoms with Gasteiger partial charge in [-0.25, -0.2) is 4.79 Å². The highest BCUT2D eigenvalue weighted by Gasteiger charge is 2.23. The monoisotopic (exact) mass is 166 g/mol. The lowest BCUT2D eigenvalue weighted by atomic mass is 10.4. The number of hydrogen-bond donors (Lipinski definition) is 1. The molecule has 1 heterocycles. The highest BCUT2D eigenvalue weighted by atomic mass is 16.4. The first kappa shape index (κ1) is 7.34. The number of rotatable bonds is 3. The number of nitrogens with zero attached hydrogens (tertiary/aromatic N) is 2. The summed E-state index contributed by atoms with van der Waals surface area (Å²) < 4.78 is 1.57. The fourth-order valence-electron chi connectivity index (χ4n) is 1.20. The summed E-state index contributed by atoms with van der Waals surface area (Å²) in [5.74, 6) is -0.240. The molecule has 0 atom stereocenters. The molecule has 1 saturated carbocycles. The zero-order valence-electron chi connectivity index (χ0n) is 6.60. The van der Waals surface area contributed by atoms with Gasteiger partial charge in [0.15, 0.2) is 0 Å². The van der Waals surface area contributed by atoms with Gasteiger partial charge in [0.1, 0.15) is 5.69 Å². The summed E-state index contributed by atoms with van der Waals surface area (Å²) in [5.41, 5.74) is 0.293. The molecule has 1 fully saturated rings. The summed E-state index contributed by atoms with van der Waals surface area (Å²) >= 11 is 0. The second-order valence-electron chi connectivity index (χ2n) is 3.15. The molecule has 1 aromatic rings. The minimum atomic E-state index is -0.895. The van der Waals surface area contributed by atoms with E-state index in [0.717, 1.165) is 6.54 Å². The first-order valence-corrected chi connectivity index (χ1v) is 4.02. The van der Waals surface area contributed by atoms with E-state index in [1.165, 1.54) is 25.1 Å². The molecule has 4 heteroatoms. The Morgan fingerprint density at radius 1 is 1.75 bits per heavy atom. The third kappa shape index (κ3) is 1.32. The van der Waals surface area contributed by atoms with Gasteiger partial charge in [0.25, 0.3) is 0 Å². The van der Waals surface area contributed by atoms with Crippen LogP contribution in [0.4, 0.5) is 0 Å². The molecular weight excluding hydrogens is 156 g/mol. The van der Waals surface area contributed by atoms with Crippen molar-refractivity contribution in [2.75, 3.05) is 0 Å². The topological polar surface area (TPSA) is 55.1 Å². The molecule has 0 saturated heterocycles. The van der Waals surface area contributed by atoms with Gasteiger partial charge in [-0.2, -0.15) is 5.10 Å². The minimum Gasteiger partial charge on any atom is -0.477 e. The van der Waals surface area contributed by atoms with Crippen LogP contribution in [0.1, 0.15) is 23.3 Å². The molecule has 0 unspecified atom stereocenters. The Bertz CT molecular complexity index is 302. The van der Waals surface area contributed by atoms with E-state index < -0.39 is 5.97 Å². The molecule has 1 aliphatic carbocycles. The molecule has 2 rings (SSSR count). The van der Waals surface area contributed by atoms with Crippen LogP contribution >= 0.6 is 0 Å². The SMILES string of the molecule is O=C(O)c1ccnn1CC1CC1. The quantitative estimate of drug-likeness (QED) is 0.728. The van der Waals surface area contributed by atoms with Crippen molar-refractivity contribution in [2.45, 2.75) is 19.4 Å². The Kier molecular flexibility index (Phi) is 1.60. The van der Waals surface area contributed by atoms with Gasteiger partial charge in [0, 0.05) is 12.7 Å². The first-order chi connectivity index (χ1) is 5.77. The predicted octanol–water partition coefficient (Wildman–Crippen LogP) is 0.991. The standard InChI is InChI=1S/C8H10N2O2/c11-8(12)7-3-4-9-10(7)5-6-1-2-6/h3-4,6H,1-2,5H2,(H,11,12). The number of hydrogen-bond acceptors (Lipinski definition) is 2. The van der Waals surface area contributed by atoms with E-state index in [1.807, 2.05) is 0 Å². The van der Waals surface area contributed by atoms with Crippen LogP contribution in [0.15, 0.2) is 12.3 Å². The number of carboxylic acids is 1. The predicted molar refractivity (Wildman–Crippen MR) is 41.9 cm³/mol. The molecule has 1 N–H and O–H groups in total. The molecule has 0 aliphatic heterocycles. The summed E-state index contributed by atoms with van der Waals surface area (Å²) in [4.78, 5) is 10.6. The zero-order chi connectivity index (χ0) is 8.55. The van der Waals surface area contributed by atoms with E-state index in [1.54, 1.807) is 4.68 Å². The van der Waals surface area contributed by atoms with Gasteiger partial charge < -0.3 is 5.11 Å². The van der Waals surface area contributed by atoms with E-state index in [9.17, 15) is 4.79 Å². The van der Waals surface area contributed by atoms with Crippen molar-refractivity contribution < 1.29 is 9.90 Å². The van der Waals surface area contributed by atoms with E-state index in [2.05, 4.69) is 5.10 Å². The Balaban J connectivity index is 2.17. The van der Waals surface area contributed by atoms with Crippen LogP contribution in [-0.4, -0.2) is 20.9 Å². The highest BCUT2D eigenvalue weighted by Crippen LogP contribution is 2.30. The van der Waals surface area contributed by atoms with Crippen LogP contribution in [0.3, 0.4) is 0 Å². The molecule has 0 bridgehead atoms. The normalized spacial score (nSPS) is 16.3. The number of carbonyl (C=O) groups is 1. The molecule has 0 radical (unpaired) electrons. The summed E-state index contributed by atoms with van der Waals surface area (Å²) in [6.45, 7) is 0.759. The fraction of sp³-hybridized carbons (Fsp3) is 0.500. The van der Waals surface area contributed by atoms with Crippen LogP contribution in [0.5, 0.6) is 0 Å². The fourth-order valence-corrected chi connectivity index (χ4v) is 1.20. The van der Waals surface area contributed by atoms with E-state index in [4.69, 9.17) is 5.11 Å². The smallest absolute Gasteiger partial charge is 0.354 e. The Labute approximate surface area is 69.8 Å². The average Bonchev–Trinajstić information content (AvgIpc) is 2.66. The molecule has 1 aromatic heterocycles. The molecule has 0 aromatic carbocycles. The van der Waals surface area contributed by atoms with Gasteiger partial charge in [0.2, 0.25) is 0 Å². The Morgan fingerprint density at radius 2 is 2.50 bits per heavy atom. The van der Waals surface area contributed by atoms with Crippen molar-refractivity contribution in [1.29, 1.82) is 0 Å². The van der Waals surface area contributed by atoms with Gasteiger partial charge in [-0.05, 0) is 24.8 Å². The van der Waals surface area contributed by atoms with Gasteiger partial charge in [-0.3, -0.25) is 4.68 Å². The molecular formula is C8H10N2O2. The van der Waals surface area contributed by atoms with Crippen LogP contribution in [-0.2, 0) is 6.54 Å². The number of aromatic nitrogens is 2. The van der Waals surface area contributed by atoms with Crippen molar-refractivity contribution in [2.24, 2.45) is 5.92 Å². The molecule has 12 heavy (non-hydrogen) atoms. The maximum atomic E-state index is 10.6. The van der Waals surface area contributed by atoms with Gasteiger partial charge >= 0.3 is 5.97 Å². The van der Waals surface area contributed by atoms with Gasteiger partial charge in [-0.1, -0.05) is 0 Å². The third-order valence-corrected chi connectivity index (χ3v) is 2.06. The van der Waals surface area contributed by atoms with Gasteiger partial charge in [0.05, 0.1) is 0 Å². The van der Waals surface area contributed by atoms with E-state index in [0.29, 0.717) is 11.6 Å². The van der Waals surface area contributed by atoms with Gasteiger partial charge in [-0.15, -0.1) is 0 Å². The Morgan fingerprint density at radius 3 is 3.08 bits per heavy atom. The Hall–Kier alpha value is -1.32. The number of carboxylic acid groups (broad SMARTS) is 1. The molecule has 4 nitrogen and oxygen atoms in total. The zero-order valence-corrected chi connectivity index (χ0v) is 6.60. The lowest BCUT2D eigenvalue weighted by Crippen LogP contribution is -2.10. The summed E-state index contributed by atoms with van der Waals surface area (Å²) in [6, 6.07) is 1.53. The summed E-state index contributed by atoms with van der Waals surface area (Å²) in [7, 11) is 0. The first-order valence-electron chi connectivity index (χ1n) is 4.02.